The summed E-state index contributed by atoms with van der Waals surface area (Å²) in [5, 5.41) is 10.8. The Balaban J connectivity index is 1.70. The molecule has 2 heterocycles. The van der Waals surface area contributed by atoms with Crippen LogP contribution in [0.2, 0.25) is 0 Å². The number of rotatable bonds is 5. The minimum atomic E-state index is -0.705. The van der Waals surface area contributed by atoms with Crippen molar-refractivity contribution in [1.82, 2.24) is 19.7 Å². The number of nitrogens with zero attached hydrogens (tertiary/aromatic N) is 4. The van der Waals surface area contributed by atoms with Gasteiger partial charge in [0.15, 0.2) is 5.65 Å². The number of benzene rings is 1. The fourth-order valence-corrected chi connectivity index (χ4v) is 2.51. The van der Waals surface area contributed by atoms with Crippen molar-refractivity contribution < 1.29 is 8.78 Å². The van der Waals surface area contributed by atoms with Gasteiger partial charge in [-0.2, -0.15) is 15.1 Å². The Morgan fingerprint density at radius 1 is 1.28 bits per heavy atom. The summed E-state index contributed by atoms with van der Waals surface area (Å²) < 4.78 is 28.7. The highest BCUT2D eigenvalue weighted by atomic mass is 19.1. The van der Waals surface area contributed by atoms with Crippen LogP contribution in [-0.4, -0.2) is 31.8 Å². The maximum Gasteiger partial charge on any atom is 0.226 e. The fourth-order valence-electron chi connectivity index (χ4n) is 2.51. The van der Waals surface area contributed by atoms with E-state index in [1.165, 1.54) is 12.1 Å². The van der Waals surface area contributed by atoms with Crippen LogP contribution in [0.3, 0.4) is 0 Å². The molecule has 9 heteroatoms. The molecule has 3 aromatic rings. The first-order valence-corrected chi connectivity index (χ1v) is 7.88. The third kappa shape index (κ3) is 3.10. The van der Waals surface area contributed by atoms with Gasteiger partial charge in [0, 0.05) is 25.2 Å². The Labute approximate surface area is 142 Å². The lowest BCUT2D eigenvalue weighted by atomic mass is 10.3. The van der Waals surface area contributed by atoms with Gasteiger partial charge in [0.2, 0.25) is 5.95 Å². The number of aryl methyl sites for hydroxylation is 1. The van der Waals surface area contributed by atoms with E-state index in [1.54, 1.807) is 17.9 Å². The largest absolute Gasteiger partial charge is 0.352 e. The van der Waals surface area contributed by atoms with Crippen molar-refractivity contribution in [3.63, 3.8) is 0 Å². The van der Waals surface area contributed by atoms with E-state index in [-0.39, 0.29) is 11.2 Å². The van der Waals surface area contributed by atoms with E-state index >= 15 is 0 Å². The summed E-state index contributed by atoms with van der Waals surface area (Å²) in [6.45, 7) is 0.556. The van der Waals surface area contributed by atoms with E-state index in [9.17, 15) is 8.78 Å². The van der Waals surface area contributed by atoms with Crippen molar-refractivity contribution >= 4 is 28.5 Å². The lowest BCUT2D eigenvalue weighted by molar-refractivity contribution is 0.586. The van der Waals surface area contributed by atoms with Crippen LogP contribution in [0.15, 0.2) is 24.4 Å². The van der Waals surface area contributed by atoms with Gasteiger partial charge < -0.3 is 16.4 Å². The molecule has 0 spiro atoms. The van der Waals surface area contributed by atoms with Crippen molar-refractivity contribution in [3.8, 4) is 0 Å². The zero-order chi connectivity index (χ0) is 17.6. The van der Waals surface area contributed by atoms with E-state index in [2.05, 4.69) is 25.7 Å². The average Bonchev–Trinajstić information content (AvgIpc) is 3.20. The molecule has 4 N–H and O–H groups in total. The monoisotopic (exact) mass is 345 g/mol. The van der Waals surface area contributed by atoms with Crippen molar-refractivity contribution in [2.75, 3.05) is 17.2 Å². The van der Waals surface area contributed by atoms with Crippen LogP contribution in [0.1, 0.15) is 12.8 Å². The third-order valence-electron chi connectivity index (χ3n) is 4.27. The molecule has 0 radical (unpaired) electrons. The van der Waals surface area contributed by atoms with Crippen LogP contribution in [0, 0.1) is 11.6 Å². The Bertz CT molecular complexity index is 949. The second-order valence-electron chi connectivity index (χ2n) is 6.37. The summed E-state index contributed by atoms with van der Waals surface area (Å²) in [6.07, 6.45) is 3.51. The van der Waals surface area contributed by atoms with Crippen molar-refractivity contribution in [2.45, 2.75) is 18.4 Å². The quantitative estimate of drug-likeness (QED) is 0.657. The molecule has 1 fully saturated rings. The van der Waals surface area contributed by atoms with Gasteiger partial charge in [0.05, 0.1) is 17.3 Å². The van der Waals surface area contributed by atoms with E-state index in [0.717, 1.165) is 18.9 Å². The van der Waals surface area contributed by atoms with Gasteiger partial charge in [-0.05, 0) is 25.0 Å². The Morgan fingerprint density at radius 3 is 2.80 bits per heavy atom. The van der Waals surface area contributed by atoms with Gasteiger partial charge in [0.25, 0.3) is 0 Å². The predicted molar refractivity (Wildman–Crippen MR) is 90.6 cm³/mol. The lowest BCUT2D eigenvalue weighted by Gasteiger charge is -2.13. The molecule has 2 aromatic heterocycles. The number of fused-ring (bicyclic) bond motifs is 1. The molecule has 1 saturated carbocycles. The molecule has 25 heavy (non-hydrogen) atoms. The standard InChI is InChI=1S/C16H17F2N7/c1-25-14-10(7-21-25)13(22-12-3-2-9(17)6-11(12)18)23-15(24-14)20-8-16(19)4-5-16/h2-3,6-7H,4-5,8,19H2,1H3,(H2,20,22,23,24). The molecule has 0 amide bonds. The smallest absolute Gasteiger partial charge is 0.226 e. The van der Waals surface area contributed by atoms with Gasteiger partial charge in [-0.3, -0.25) is 4.68 Å². The molecule has 7 nitrogen and oxygen atoms in total. The fraction of sp³-hybridized carbons (Fsp3) is 0.312. The number of hydrogen-bond donors (Lipinski definition) is 3. The highest BCUT2D eigenvalue weighted by Gasteiger charge is 2.38. The minimum Gasteiger partial charge on any atom is -0.352 e. The van der Waals surface area contributed by atoms with E-state index < -0.39 is 11.6 Å². The van der Waals surface area contributed by atoms with Crippen molar-refractivity contribution in [1.29, 1.82) is 0 Å². The second kappa shape index (κ2) is 5.62. The number of aromatic nitrogens is 4. The Kier molecular flexibility index (Phi) is 3.53. The molecular formula is C16H17F2N7. The SMILES string of the molecule is Cn1ncc2c(Nc3ccc(F)cc3F)nc(NCC3(N)CC3)nc21. The number of nitrogens with two attached hydrogens (primary N) is 1. The maximum absolute atomic E-state index is 14.0. The zero-order valence-corrected chi connectivity index (χ0v) is 13.6. The lowest BCUT2D eigenvalue weighted by Crippen LogP contribution is -2.31. The molecule has 0 unspecified atom stereocenters. The first kappa shape index (κ1) is 15.7. The maximum atomic E-state index is 14.0. The first-order valence-electron chi connectivity index (χ1n) is 7.88. The molecule has 0 bridgehead atoms. The molecule has 1 aliphatic carbocycles. The summed E-state index contributed by atoms with van der Waals surface area (Å²) in [5.74, 6) is -0.591. The van der Waals surface area contributed by atoms with E-state index in [4.69, 9.17) is 5.73 Å². The minimum absolute atomic E-state index is 0.119. The topological polar surface area (TPSA) is 93.7 Å². The van der Waals surface area contributed by atoms with Crippen LogP contribution in [0.4, 0.5) is 26.2 Å². The highest BCUT2D eigenvalue weighted by Crippen LogP contribution is 2.32. The second-order valence-corrected chi connectivity index (χ2v) is 6.37. The molecule has 4 rings (SSSR count). The Morgan fingerprint density at radius 2 is 2.08 bits per heavy atom. The van der Waals surface area contributed by atoms with Crippen molar-refractivity contribution in [3.05, 3.63) is 36.0 Å². The predicted octanol–water partition coefficient (Wildman–Crippen LogP) is 2.29. The number of nitrogens with one attached hydrogen (secondary N) is 2. The van der Waals surface area contributed by atoms with Crippen LogP contribution in [0.5, 0.6) is 0 Å². The molecule has 1 aliphatic rings. The molecule has 1 aromatic carbocycles. The van der Waals surface area contributed by atoms with Gasteiger partial charge in [-0.15, -0.1) is 0 Å². The summed E-state index contributed by atoms with van der Waals surface area (Å²) in [4.78, 5) is 8.83. The zero-order valence-electron chi connectivity index (χ0n) is 13.6. The normalized spacial score (nSPS) is 15.4. The molecular weight excluding hydrogens is 328 g/mol. The average molecular weight is 345 g/mol. The van der Waals surface area contributed by atoms with Crippen LogP contribution in [-0.2, 0) is 7.05 Å². The summed E-state index contributed by atoms with van der Waals surface area (Å²) in [7, 11) is 1.76. The highest BCUT2D eigenvalue weighted by molar-refractivity contribution is 5.89. The summed E-state index contributed by atoms with van der Waals surface area (Å²) in [5.41, 5.74) is 6.58. The first-order chi connectivity index (χ1) is 11.9. The van der Waals surface area contributed by atoms with Gasteiger partial charge in [0.1, 0.15) is 17.5 Å². The van der Waals surface area contributed by atoms with Gasteiger partial charge >= 0.3 is 0 Å². The third-order valence-corrected chi connectivity index (χ3v) is 4.27. The number of halogens is 2. The Hall–Kier alpha value is -2.81. The molecule has 130 valence electrons. The van der Waals surface area contributed by atoms with Crippen molar-refractivity contribution in [2.24, 2.45) is 12.8 Å². The molecule has 0 aliphatic heterocycles. The van der Waals surface area contributed by atoms with Gasteiger partial charge in [-0.1, -0.05) is 0 Å². The van der Waals surface area contributed by atoms with E-state index in [1.807, 2.05) is 0 Å². The van der Waals surface area contributed by atoms with Crippen LogP contribution in [0.25, 0.3) is 11.0 Å². The number of hydrogen-bond acceptors (Lipinski definition) is 6. The molecule has 0 saturated heterocycles. The van der Waals surface area contributed by atoms with Gasteiger partial charge in [-0.25, -0.2) is 8.78 Å². The summed E-state index contributed by atoms with van der Waals surface area (Å²) in [6, 6.07) is 3.31. The van der Waals surface area contributed by atoms with E-state index in [0.29, 0.717) is 29.3 Å². The van der Waals surface area contributed by atoms with Crippen LogP contribution < -0.4 is 16.4 Å². The molecule has 0 atom stereocenters. The van der Waals surface area contributed by atoms with Crippen LogP contribution >= 0.6 is 0 Å². The summed E-state index contributed by atoms with van der Waals surface area (Å²) >= 11 is 0. The number of anilines is 3.